The lowest BCUT2D eigenvalue weighted by molar-refractivity contribution is 0.0955. The molecule has 0 radical (unpaired) electrons. The summed E-state index contributed by atoms with van der Waals surface area (Å²) in [4.78, 5) is 20.1. The maximum atomic E-state index is 13.4. The van der Waals surface area contributed by atoms with Crippen LogP contribution in [0.3, 0.4) is 0 Å². The van der Waals surface area contributed by atoms with E-state index in [0.717, 1.165) is 6.54 Å². The molecule has 0 spiro atoms. The normalized spacial score (nSPS) is 9.62. The van der Waals surface area contributed by atoms with E-state index in [1.807, 2.05) is 6.92 Å². The Labute approximate surface area is 134 Å². The maximum Gasteiger partial charge on any atom is 0.253 e. The molecule has 1 amide bonds. The van der Waals surface area contributed by atoms with Gasteiger partial charge in [0, 0.05) is 31.5 Å². The Hall–Kier alpha value is -1.50. The second-order valence-electron chi connectivity index (χ2n) is 3.99. The SMILES string of the molecule is CCNCCNC(=O)c1cc(F)cc2nccnc12.Cl.Cl. The predicted octanol–water partition coefficient (Wildman–Crippen LogP) is 1.95. The van der Waals surface area contributed by atoms with E-state index in [0.29, 0.717) is 24.1 Å². The molecule has 2 N–H and O–H groups in total. The van der Waals surface area contributed by atoms with Gasteiger partial charge in [-0.1, -0.05) is 6.92 Å². The van der Waals surface area contributed by atoms with Crippen molar-refractivity contribution in [3.63, 3.8) is 0 Å². The van der Waals surface area contributed by atoms with E-state index in [9.17, 15) is 9.18 Å². The number of hydrogen-bond acceptors (Lipinski definition) is 4. The first-order valence-corrected chi connectivity index (χ1v) is 6.11. The van der Waals surface area contributed by atoms with Crippen molar-refractivity contribution in [3.05, 3.63) is 35.9 Å². The Morgan fingerprint density at radius 2 is 1.90 bits per heavy atom. The minimum atomic E-state index is -0.496. The third-order valence-electron chi connectivity index (χ3n) is 2.62. The molecular formula is C13H17Cl2FN4O. The minimum Gasteiger partial charge on any atom is -0.351 e. The molecule has 2 aromatic rings. The first-order chi connectivity index (χ1) is 9.22. The lowest BCUT2D eigenvalue weighted by atomic mass is 10.1. The highest BCUT2D eigenvalue weighted by Crippen LogP contribution is 2.16. The second kappa shape index (κ2) is 9.44. The average Bonchev–Trinajstić information content (AvgIpc) is 2.42. The number of rotatable bonds is 5. The van der Waals surface area contributed by atoms with Gasteiger partial charge in [-0.2, -0.15) is 0 Å². The van der Waals surface area contributed by atoms with Crippen LogP contribution in [0.4, 0.5) is 4.39 Å². The van der Waals surface area contributed by atoms with Crippen LogP contribution in [-0.2, 0) is 0 Å². The van der Waals surface area contributed by atoms with Crippen LogP contribution in [0.25, 0.3) is 11.0 Å². The van der Waals surface area contributed by atoms with Gasteiger partial charge in [0.2, 0.25) is 0 Å². The number of nitrogens with one attached hydrogen (secondary N) is 2. The minimum absolute atomic E-state index is 0. The maximum absolute atomic E-state index is 13.4. The van der Waals surface area contributed by atoms with Crippen LogP contribution in [-0.4, -0.2) is 35.5 Å². The molecule has 0 saturated carbocycles. The quantitative estimate of drug-likeness (QED) is 0.820. The lowest BCUT2D eigenvalue weighted by Crippen LogP contribution is -2.32. The molecule has 1 aromatic carbocycles. The Morgan fingerprint density at radius 1 is 1.19 bits per heavy atom. The summed E-state index contributed by atoms with van der Waals surface area (Å²) in [5.41, 5.74) is 0.990. The first-order valence-electron chi connectivity index (χ1n) is 6.11. The molecule has 0 aliphatic rings. The number of likely N-dealkylation sites (N-methyl/N-ethyl adjacent to an activating group) is 1. The smallest absolute Gasteiger partial charge is 0.253 e. The largest absolute Gasteiger partial charge is 0.351 e. The van der Waals surface area contributed by atoms with Gasteiger partial charge in [-0.15, -0.1) is 24.8 Å². The molecule has 0 saturated heterocycles. The molecule has 0 fully saturated rings. The van der Waals surface area contributed by atoms with Crippen LogP contribution < -0.4 is 10.6 Å². The third-order valence-corrected chi connectivity index (χ3v) is 2.62. The Balaban J connectivity index is 0.00000200. The highest BCUT2D eigenvalue weighted by molar-refractivity contribution is 6.04. The summed E-state index contributed by atoms with van der Waals surface area (Å²) in [7, 11) is 0. The van der Waals surface area contributed by atoms with Gasteiger partial charge in [0.25, 0.3) is 5.91 Å². The fourth-order valence-corrected chi connectivity index (χ4v) is 1.75. The van der Waals surface area contributed by atoms with Crippen molar-refractivity contribution in [2.24, 2.45) is 0 Å². The van der Waals surface area contributed by atoms with Crippen molar-refractivity contribution >= 4 is 41.8 Å². The molecule has 116 valence electrons. The fourth-order valence-electron chi connectivity index (χ4n) is 1.75. The molecule has 21 heavy (non-hydrogen) atoms. The van der Waals surface area contributed by atoms with E-state index in [1.54, 1.807) is 0 Å². The molecule has 0 aliphatic heterocycles. The zero-order valence-corrected chi connectivity index (χ0v) is 13.1. The summed E-state index contributed by atoms with van der Waals surface area (Å²) >= 11 is 0. The average molecular weight is 335 g/mol. The number of aromatic nitrogens is 2. The van der Waals surface area contributed by atoms with E-state index in [2.05, 4.69) is 20.6 Å². The van der Waals surface area contributed by atoms with E-state index in [4.69, 9.17) is 0 Å². The monoisotopic (exact) mass is 334 g/mol. The van der Waals surface area contributed by atoms with Gasteiger partial charge < -0.3 is 10.6 Å². The number of benzene rings is 1. The van der Waals surface area contributed by atoms with Gasteiger partial charge >= 0.3 is 0 Å². The Bertz CT molecular complexity index is 597. The zero-order chi connectivity index (χ0) is 13.7. The van der Waals surface area contributed by atoms with Gasteiger partial charge in [-0.05, 0) is 12.6 Å². The number of nitrogens with zero attached hydrogens (tertiary/aromatic N) is 2. The summed E-state index contributed by atoms with van der Waals surface area (Å²) in [6.45, 7) is 3.97. The Morgan fingerprint density at radius 3 is 2.62 bits per heavy atom. The molecule has 0 aliphatic carbocycles. The van der Waals surface area contributed by atoms with E-state index in [-0.39, 0.29) is 36.3 Å². The number of fused-ring (bicyclic) bond motifs is 1. The van der Waals surface area contributed by atoms with Crippen molar-refractivity contribution in [3.8, 4) is 0 Å². The molecule has 0 unspecified atom stereocenters. The van der Waals surface area contributed by atoms with Gasteiger partial charge in [0.1, 0.15) is 11.3 Å². The van der Waals surface area contributed by atoms with E-state index < -0.39 is 5.82 Å². The topological polar surface area (TPSA) is 66.9 Å². The first kappa shape index (κ1) is 19.5. The number of amides is 1. The summed E-state index contributed by atoms with van der Waals surface area (Å²) < 4.78 is 13.4. The molecule has 1 heterocycles. The van der Waals surface area contributed by atoms with E-state index >= 15 is 0 Å². The van der Waals surface area contributed by atoms with Crippen LogP contribution in [0.2, 0.25) is 0 Å². The van der Waals surface area contributed by atoms with Crippen LogP contribution in [0, 0.1) is 5.82 Å². The molecule has 2 rings (SSSR count). The van der Waals surface area contributed by atoms with Crippen molar-refractivity contribution in [2.45, 2.75) is 6.92 Å². The number of hydrogen-bond donors (Lipinski definition) is 2. The summed E-state index contributed by atoms with van der Waals surface area (Å²) in [5.74, 6) is -0.840. The summed E-state index contributed by atoms with van der Waals surface area (Å²) in [6, 6.07) is 2.44. The number of halogens is 3. The number of carbonyl (C=O) groups excluding carboxylic acids is 1. The van der Waals surface area contributed by atoms with Crippen LogP contribution >= 0.6 is 24.8 Å². The van der Waals surface area contributed by atoms with Crippen molar-refractivity contribution in [1.82, 2.24) is 20.6 Å². The van der Waals surface area contributed by atoms with Crippen LogP contribution in [0.1, 0.15) is 17.3 Å². The van der Waals surface area contributed by atoms with Crippen molar-refractivity contribution < 1.29 is 9.18 Å². The van der Waals surface area contributed by atoms with Crippen LogP contribution in [0.15, 0.2) is 24.5 Å². The highest BCUT2D eigenvalue weighted by Gasteiger charge is 2.13. The zero-order valence-electron chi connectivity index (χ0n) is 11.4. The standard InChI is InChI=1S/C13H15FN4O.2ClH/c1-2-15-3-4-18-13(19)10-7-9(14)8-11-12(10)17-6-5-16-11;;/h5-8,15H,2-4H2,1H3,(H,18,19);2*1H. The van der Waals surface area contributed by atoms with Gasteiger partial charge in [0.05, 0.1) is 11.1 Å². The van der Waals surface area contributed by atoms with Crippen molar-refractivity contribution in [2.75, 3.05) is 19.6 Å². The molecule has 0 bridgehead atoms. The molecule has 0 atom stereocenters. The van der Waals surface area contributed by atoms with Gasteiger partial charge in [-0.25, -0.2) is 4.39 Å². The summed E-state index contributed by atoms with van der Waals surface area (Å²) in [6.07, 6.45) is 2.95. The van der Waals surface area contributed by atoms with Gasteiger partial charge in [-0.3, -0.25) is 14.8 Å². The van der Waals surface area contributed by atoms with Crippen LogP contribution in [0.5, 0.6) is 0 Å². The van der Waals surface area contributed by atoms with Gasteiger partial charge in [0.15, 0.2) is 0 Å². The summed E-state index contributed by atoms with van der Waals surface area (Å²) in [5, 5.41) is 5.80. The lowest BCUT2D eigenvalue weighted by Gasteiger charge is -2.07. The number of carbonyl (C=O) groups is 1. The second-order valence-corrected chi connectivity index (χ2v) is 3.99. The van der Waals surface area contributed by atoms with E-state index in [1.165, 1.54) is 24.5 Å². The predicted molar refractivity (Wildman–Crippen MR) is 84.9 cm³/mol. The molecule has 8 heteroatoms. The fraction of sp³-hybridized carbons (Fsp3) is 0.308. The molecule has 1 aromatic heterocycles. The Kier molecular flexibility index (Phi) is 8.76. The molecular weight excluding hydrogens is 318 g/mol. The third kappa shape index (κ3) is 5.08. The van der Waals surface area contributed by atoms with Crippen molar-refractivity contribution in [1.29, 1.82) is 0 Å². The molecule has 5 nitrogen and oxygen atoms in total. The highest BCUT2D eigenvalue weighted by atomic mass is 35.5.